The highest BCUT2D eigenvalue weighted by Crippen LogP contribution is 2.34. The van der Waals surface area contributed by atoms with Gasteiger partial charge in [-0.15, -0.1) is 0 Å². The number of amidine groups is 1. The SMILES string of the molecule is C=C(C)c1ncn(C2CCCC2)c1NC(C)=NCCC(N)CCC. The Morgan fingerprint density at radius 3 is 2.75 bits per heavy atom. The lowest BCUT2D eigenvalue weighted by Gasteiger charge is -2.17. The number of nitrogens with zero attached hydrogens (tertiary/aromatic N) is 3. The lowest BCUT2D eigenvalue weighted by atomic mass is 10.1. The van der Waals surface area contributed by atoms with Gasteiger partial charge in [-0.3, -0.25) is 4.99 Å². The van der Waals surface area contributed by atoms with Gasteiger partial charge in [0.25, 0.3) is 0 Å². The highest BCUT2D eigenvalue weighted by Gasteiger charge is 2.22. The van der Waals surface area contributed by atoms with Crippen LogP contribution >= 0.6 is 0 Å². The van der Waals surface area contributed by atoms with Crippen molar-refractivity contribution >= 4 is 17.2 Å². The van der Waals surface area contributed by atoms with Gasteiger partial charge in [0, 0.05) is 18.6 Å². The van der Waals surface area contributed by atoms with Gasteiger partial charge in [-0.1, -0.05) is 32.8 Å². The Hall–Kier alpha value is -1.62. The Morgan fingerprint density at radius 1 is 1.42 bits per heavy atom. The molecule has 134 valence electrons. The van der Waals surface area contributed by atoms with Crippen molar-refractivity contribution in [1.29, 1.82) is 0 Å². The fourth-order valence-corrected chi connectivity index (χ4v) is 3.38. The quantitative estimate of drug-likeness (QED) is 0.548. The van der Waals surface area contributed by atoms with Crippen molar-refractivity contribution in [3.8, 4) is 0 Å². The smallest absolute Gasteiger partial charge is 0.139 e. The first-order valence-electron chi connectivity index (χ1n) is 9.29. The molecular formula is C19H33N5. The fraction of sp³-hybridized carbons (Fsp3) is 0.684. The van der Waals surface area contributed by atoms with Crippen LogP contribution in [0.3, 0.4) is 0 Å². The molecule has 2 rings (SSSR count). The van der Waals surface area contributed by atoms with Crippen molar-refractivity contribution in [3.63, 3.8) is 0 Å². The lowest BCUT2D eigenvalue weighted by Crippen LogP contribution is -2.21. The number of nitrogens with two attached hydrogens (primary N) is 1. The average Bonchev–Trinajstić information content (AvgIpc) is 3.16. The molecule has 3 N–H and O–H groups in total. The summed E-state index contributed by atoms with van der Waals surface area (Å²) in [5, 5.41) is 3.47. The zero-order valence-electron chi connectivity index (χ0n) is 15.5. The molecule has 0 saturated heterocycles. The molecule has 5 nitrogen and oxygen atoms in total. The number of rotatable bonds is 8. The van der Waals surface area contributed by atoms with Crippen LogP contribution in [0.5, 0.6) is 0 Å². The van der Waals surface area contributed by atoms with Gasteiger partial charge in [-0.25, -0.2) is 4.98 Å². The van der Waals surface area contributed by atoms with E-state index in [1.54, 1.807) is 0 Å². The van der Waals surface area contributed by atoms with Crippen LogP contribution in [0.4, 0.5) is 5.82 Å². The molecule has 1 aromatic heterocycles. The average molecular weight is 332 g/mol. The molecular weight excluding hydrogens is 298 g/mol. The van der Waals surface area contributed by atoms with Crippen LogP contribution in [-0.2, 0) is 0 Å². The second-order valence-corrected chi connectivity index (χ2v) is 7.00. The van der Waals surface area contributed by atoms with Gasteiger partial charge in [-0.05, 0) is 45.1 Å². The second-order valence-electron chi connectivity index (χ2n) is 7.00. The standard InChI is InChI=1S/C19H33N5/c1-5-8-16(20)11-12-21-15(4)23-19-18(14(2)3)22-13-24(19)17-9-6-7-10-17/h13,16-17H,2,5-12,20H2,1,3-4H3,(H,21,23). The summed E-state index contributed by atoms with van der Waals surface area (Å²) in [6.45, 7) is 11.0. The summed E-state index contributed by atoms with van der Waals surface area (Å²) < 4.78 is 2.28. The lowest BCUT2D eigenvalue weighted by molar-refractivity contribution is 0.524. The van der Waals surface area contributed by atoms with Gasteiger partial charge in [0.1, 0.15) is 11.5 Å². The summed E-state index contributed by atoms with van der Waals surface area (Å²) in [6, 6.07) is 0.792. The van der Waals surface area contributed by atoms with Crippen molar-refractivity contribution in [1.82, 2.24) is 9.55 Å². The Kier molecular flexibility index (Phi) is 7.03. The van der Waals surface area contributed by atoms with E-state index in [4.69, 9.17) is 5.73 Å². The van der Waals surface area contributed by atoms with Gasteiger partial charge in [-0.2, -0.15) is 0 Å². The molecule has 1 aliphatic carbocycles. The van der Waals surface area contributed by atoms with Crippen molar-refractivity contribution in [3.05, 3.63) is 18.6 Å². The number of anilines is 1. The van der Waals surface area contributed by atoms with Crippen LogP contribution in [0.1, 0.15) is 77.5 Å². The second kappa shape index (κ2) is 9.02. The van der Waals surface area contributed by atoms with E-state index in [0.717, 1.165) is 48.7 Å². The first-order valence-corrected chi connectivity index (χ1v) is 9.29. The van der Waals surface area contributed by atoms with E-state index in [1.165, 1.54) is 25.7 Å². The molecule has 24 heavy (non-hydrogen) atoms. The van der Waals surface area contributed by atoms with E-state index in [1.807, 2.05) is 20.2 Å². The molecule has 1 saturated carbocycles. The minimum absolute atomic E-state index is 0.251. The third-order valence-electron chi connectivity index (χ3n) is 4.72. The molecule has 1 fully saturated rings. The van der Waals surface area contributed by atoms with E-state index in [0.29, 0.717) is 6.04 Å². The Balaban J connectivity index is 2.06. The maximum atomic E-state index is 6.06. The zero-order chi connectivity index (χ0) is 17.5. The van der Waals surface area contributed by atoms with Gasteiger partial charge in [0.05, 0.1) is 12.2 Å². The van der Waals surface area contributed by atoms with Crippen LogP contribution in [0, 0.1) is 0 Å². The molecule has 0 aromatic carbocycles. The number of aromatic nitrogens is 2. The summed E-state index contributed by atoms with van der Waals surface area (Å²) in [5.74, 6) is 1.95. The van der Waals surface area contributed by atoms with Crippen LogP contribution in [-0.4, -0.2) is 28.0 Å². The molecule has 1 aliphatic rings. The first-order chi connectivity index (χ1) is 11.5. The summed E-state index contributed by atoms with van der Waals surface area (Å²) in [4.78, 5) is 9.22. The minimum Gasteiger partial charge on any atom is -0.329 e. The molecule has 0 radical (unpaired) electrons. The third kappa shape index (κ3) is 4.94. The highest BCUT2D eigenvalue weighted by atomic mass is 15.2. The van der Waals surface area contributed by atoms with Gasteiger partial charge < -0.3 is 15.6 Å². The molecule has 5 heteroatoms. The van der Waals surface area contributed by atoms with Crippen molar-refractivity contribution < 1.29 is 0 Å². The van der Waals surface area contributed by atoms with E-state index in [9.17, 15) is 0 Å². The highest BCUT2D eigenvalue weighted by molar-refractivity contribution is 5.94. The van der Waals surface area contributed by atoms with Gasteiger partial charge in [0.2, 0.25) is 0 Å². The number of aliphatic imine (C=N–C) groups is 1. The van der Waals surface area contributed by atoms with Gasteiger partial charge >= 0.3 is 0 Å². The zero-order valence-corrected chi connectivity index (χ0v) is 15.5. The summed E-state index contributed by atoms with van der Waals surface area (Å²) in [6.07, 6.45) is 10.1. The largest absolute Gasteiger partial charge is 0.329 e. The molecule has 0 bridgehead atoms. The maximum Gasteiger partial charge on any atom is 0.139 e. The monoisotopic (exact) mass is 331 g/mol. The molecule has 1 heterocycles. The Labute approximate surface area is 146 Å². The normalized spacial score (nSPS) is 17.2. The van der Waals surface area contributed by atoms with Crippen LogP contribution < -0.4 is 11.1 Å². The van der Waals surface area contributed by atoms with E-state index >= 15 is 0 Å². The Bertz CT molecular complexity index is 566. The summed E-state index contributed by atoms with van der Waals surface area (Å²) in [7, 11) is 0. The Morgan fingerprint density at radius 2 is 2.12 bits per heavy atom. The molecule has 1 unspecified atom stereocenters. The number of imidazole rings is 1. The number of allylic oxidation sites excluding steroid dienone is 1. The predicted octanol–water partition coefficient (Wildman–Crippen LogP) is 4.38. The molecule has 1 atom stereocenters. The number of nitrogens with one attached hydrogen (secondary N) is 1. The van der Waals surface area contributed by atoms with Crippen molar-refractivity contribution in [2.24, 2.45) is 10.7 Å². The molecule has 0 amide bonds. The van der Waals surface area contributed by atoms with Crippen LogP contribution in [0.2, 0.25) is 0 Å². The minimum atomic E-state index is 0.251. The van der Waals surface area contributed by atoms with E-state index in [2.05, 4.69) is 33.4 Å². The van der Waals surface area contributed by atoms with Crippen LogP contribution in [0.15, 0.2) is 17.9 Å². The summed E-state index contributed by atoms with van der Waals surface area (Å²) >= 11 is 0. The predicted molar refractivity (Wildman–Crippen MR) is 104 cm³/mol. The molecule has 0 aliphatic heterocycles. The topological polar surface area (TPSA) is 68.2 Å². The third-order valence-corrected chi connectivity index (χ3v) is 4.72. The molecule has 1 aromatic rings. The van der Waals surface area contributed by atoms with E-state index in [-0.39, 0.29) is 6.04 Å². The number of hydrogen-bond acceptors (Lipinski definition) is 3. The maximum absolute atomic E-state index is 6.06. The van der Waals surface area contributed by atoms with Crippen LogP contribution in [0.25, 0.3) is 5.57 Å². The number of hydrogen-bond donors (Lipinski definition) is 2. The first kappa shape index (κ1) is 18.7. The fourth-order valence-electron chi connectivity index (χ4n) is 3.38. The van der Waals surface area contributed by atoms with E-state index < -0.39 is 0 Å². The molecule has 0 spiro atoms. The summed E-state index contributed by atoms with van der Waals surface area (Å²) in [5.41, 5.74) is 7.98. The van der Waals surface area contributed by atoms with Crippen molar-refractivity contribution in [2.75, 3.05) is 11.9 Å². The van der Waals surface area contributed by atoms with Crippen molar-refractivity contribution in [2.45, 2.75) is 77.8 Å². The van der Waals surface area contributed by atoms with Gasteiger partial charge in [0.15, 0.2) is 0 Å².